The van der Waals surface area contributed by atoms with Gasteiger partial charge in [-0.1, -0.05) is 27.3 Å². The van der Waals surface area contributed by atoms with Crippen molar-refractivity contribution >= 4 is 44.2 Å². The summed E-state index contributed by atoms with van der Waals surface area (Å²) >= 11 is 4.89. The molecule has 1 aromatic heterocycles. The summed E-state index contributed by atoms with van der Waals surface area (Å²) in [5.74, 6) is 2.22. The van der Waals surface area contributed by atoms with E-state index >= 15 is 0 Å². The van der Waals surface area contributed by atoms with E-state index in [4.69, 9.17) is 0 Å². The second-order valence-corrected chi connectivity index (χ2v) is 11.1. The molecule has 2 N–H and O–H groups in total. The largest absolute Gasteiger partial charge is 0.352 e. The van der Waals surface area contributed by atoms with Gasteiger partial charge in [-0.15, -0.1) is 10.2 Å². The minimum absolute atomic E-state index is 0.153. The van der Waals surface area contributed by atoms with Crippen molar-refractivity contribution in [3.63, 3.8) is 0 Å². The summed E-state index contributed by atoms with van der Waals surface area (Å²) < 4.78 is 0.920. The normalized spacial score (nSPS) is 29.0. The average Bonchev–Trinajstić information content (AvgIpc) is 3.17. The maximum absolute atomic E-state index is 12.3. The second-order valence-electron chi connectivity index (χ2n) is 9.17. The molecule has 30 heavy (non-hydrogen) atoms. The molecule has 6 nitrogen and oxygen atoms in total. The summed E-state index contributed by atoms with van der Waals surface area (Å²) in [7, 11) is 0. The van der Waals surface area contributed by atoms with Crippen molar-refractivity contribution in [1.29, 1.82) is 0 Å². The molecule has 0 unspecified atom stereocenters. The predicted octanol–water partition coefficient (Wildman–Crippen LogP) is 4.53. The molecule has 6 rings (SSSR count). The molecule has 4 fully saturated rings. The van der Waals surface area contributed by atoms with E-state index in [1.165, 1.54) is 38.5 Å². The zero-order valence-corrected chi connectivity index (χ0v) is 19.1. The van der Waals surface area contributed by atoms with Gasteiger partial charge in [0.05, 0.1) is 0 Å². The summed E-state index contributed by atoms with van der Waals surface area (Å²) in [6, 6.07) is 7.12. The number of aromatic nitrogens is 2. The highest BCUT2D eigenvalue weighted by Crippen LogP contribution is 2.61. The van der Waals surface area contributed by atoms with Crippen LogP contribution in [0.25, 0.3) is 0 Å². The van der Waals surface area contributed by atoms with Crippen LogP contribution in [0, 0.1) is 17.8 Å². The first-order chi connectivity index (χ1) is 14.5. The lowest BCUT2D eigenvalue weighted by molar-refractivity contribution is -0.116. The smallest absolute Gasteiger partial charge is 0.251 e. The topological polar surface area (TPSA) is 84.0 Å². The third-order valence-corrected chi connectivity index (χ3v) is 8.52. The number of amides is 2. The quantitative estimate of drug-likeness (QED) is 0.625. The summed E-state index contributed by atoms with van der Waals surface area (Å²) in [4.78, 5) is 24.4. The Balaban J connectivity index is 1.14. The molecule has 0 atom stereocenters. The number of benzene rings is 1. The van der Waals surface area contributed by atoms with E-state index in [2.05, 4.69) is 36.8 Å². The number of hydrogen-bond donors (Lipinski definition) is 2. The number of carbonyl (C=O) groups excluding carboxylic acids is 2. The van der Waals surface area contributed by atoms with Gasteiger partial charge in [-0.05, 0) is 80.5 Å². The van der Waals surface area contributed by atoms with Gasteiger partial charge in [0.2, 0.25) is 11.0 Å². The van der Waals surface area contributed by atoms with Gasteiger partial charge in [0.1, 0.15) is 5.01 Å². The van der Waals surface area contributed by atoms with E-state index < -0.39 is 0 Å². The third kappa shape index (κ3) is 4.04. The molecule has 2 amide bonds. The fourth-order valence-corrected chi connectivity index (χ4v) is 7.28. The Kier molecular flexibility index (Phi) is 5.39. The fourth-order valence-electron chi connectivity index (χ4n) is 6.04. The lowest BCUT2D eigenvalue weighted by Crippen LogP contribution is -2.48. The van der Waals surface area contributed by atoms with Crippen molar-refractivity contribution in [1.82, 2.24) is 15.5 Å². The summed E-state index contributed by atoms with van der Waals surface area (Å²) in [6.07, 6.45) is 8.11. The van der Waals surface area contributed by atoms with Gasteiger partial charge in [0.15, 0.2) is 0 Å². The van der Waals surface area contributed by atoms with Gasteiger partial charge in [-0.25, -0.2) is 0 Å². The van der Waals surface area contributed by atoms with Crippen molar-refractivity contribution in [2.75, 3.05) is 11.9 Å². The molecule has 0 radical (unpaired) electrons. The maximum Gasteiger partial charge on any atom is 0.251 e. The van der Waals surface area contributed by atoms with Crippen LogP contribution in [-0.2, 0) is 10.2 Å². The molecule has 0 aliphatic heterocycles. The predicted molar refractivity (Wildman–Crippen MR) is 119 cm³/mol. The van der Waals surface area contributed by atoms with Crippen molar-refractivity contribution < 1.29 is 9.59 Å². The summed E-state index contributed by atoms with van der Waals surface area (Å²) in [5, 5.41) is 16.1. The van der Waals surface area contributed by atoms with Crippen molar-refractivity contribution in [3.05, 3.63) is 39.3 Å². The number of anilines is 1. The number of rotatable bonds is 6. The Hall–Kier alpha value is -1.80. The van der Waals surface area contributed by atoms with Crippen LogP contribution >= 0.6 is 27.3 Å². The van der Waals surface area contributed by atoms with Crippen LogP contribution in [0.5, 0.6) is 0 Å². The molecule has 158 valence electrons. The molecule has 1 aromatic carbocycles. The van der Waals surface area contributed by atoms with E-state index in [-0.39, 0.29) is 30.2 Å². The van der Waals surface area contributed by atoms with E-state index in [0.29, 0.717) is 10.7 Å². The Morgan fingerprint density at radius 1 is 1.03 bits per heavy atom. The van der Waals surface area contributed by atoms with E-state index in [1.54, 1.807) is 23.5 Å². The SMILES string of the molecule is O=C(CCNC(=O)c1ccc(Br)cc1)Nc1nnc(C23CC4CC(CC(C4)C2)C3)s1. The second kappa shape index (κ2) is 8.04. The minimum Gasteiger partial charge on any atom is -0.352 e. The molecule has 0 spiro atoms. The van der Waals surface area contributed by atoms with E-state index in [1.807, 2.05) is 12.1 Å². The van der Waals surface area contributed by atoms with Crippen LogP contribution < -0.4 is 10.6 Å². The van der Waals surface area contributed by atoms with E-state index in [0.717, 1.165) is 27.2 Å². The summed E-state index contributed by atoms with van der Waals surface area (Å²) in [6.45, 7) is 0.279. The fraction of sp³-hybridized carbons (Fsp3) is 0.545. The number of nitrogens with zero attached hydrogens (tertiary/aromatic N) is 2. The zero-order valence-electron chi connectivity index (χ0n) is 16.7. The lowest BCUT2D eigenvalue weighted by atomic mass is 9.50. The molecular formula is C22H25BrN4O2S. The Bertz CT molecular complexity index is 923. The average molecular weight is 489 g/mol. The molecule has 4 aliphatic carbocycles. The molecule has 4 bridgehead atoms. The molecule has 4 aliphatic rings. The lowest BCUT2D eigenvalue weighted by Gasteiger charge is -2.55. The van der Waals surface area contributed by atoms with Crippen LogP contribution in [0.1, 0.15) is 60.3 Å². The number of halogens is 1. The van der Waals surface area contributed by atoms with Crippen molar-refractivity contribution in [3.8, 4) is 0 Å². The Labute approximate surface area is 188 Å². The van der Waals surface area contributed by atoms with Gasteiger partial charge in [0, 0.05) is 28.4 Å². The first kappa shape index (κ1) is 20.1. The third-order valence-electron chi connectivity index (χ3n) is 6.91. The Morgan fingerprint density at radius 3 is 2.30 bits per heavy atom. The molecule has 0 saturated heterocycles. The monoisotopic (exact) mass is 488 g/mol. The van der Waals surface area contributed by atoms with E-state index in [9.17, 15) is 9.59 Å². The van der Waals surface area contributed by atoms with Gasteiger partial charge in [-0.3, -0.25) is 9.59 Å². The zero-order chi connectivity index (χ0) is 20.7. The first-order valence-corrected chi connectivity index (χ1v) is 12.3. The van der Waals surface area contributed by atoms with Crippen LogP contribution in [0.3, 0.4) is 0 Å². The number of carbonyl (C=O) groups is 2. The van der Waals surface area contributed by atoms with Gasteiger partial charge >= 0.3 is 0 Å². The van der Waals surface area contributed by atoms with Crippen molar-refractivity contribution in [2.24, 2.45) is 17.8 Å². The van der Waals surface area contributed by atoms with Gasteiger partial charge in [-0.2, -0.15) is 0 Å². The first-order valence-electron chi connectivity index (χ1n) is 10.7. The highest BCUT2D eigenvalue weighted by Gasteiger charge is 2.53. The highest BCUT2D eigenvalue weighted by atomic mass is 79.9. The molecular weight excluding hydrogens is 464 g/mol. The van der Waals surface area contributed by atoms with Crippen molar-refractivity contribution in [2.45, 2.75) is 50.4 Å². The highest BCUT2D eigenvalue weighted by molar-refractivity contribution is 9.10. The van der Waals surface area contributed by atoms with Crippen LogP contribution in [-0.4, -0.2) is 28.6 Å². The van der Waals surface area contributed by atoms with Crippen LogP contribution in [0.4, 0.5) is 5.13 Å². The van der Waals surface area contributed by atoms with Gasteiger partial charge in [0.25, 0.3) is 5.91 Å². The van der Waals surface area contributed by atoms with Crippen LogP contribution in [0.2, 0.25) is 0 Å². The number of hydrogen-bond acceptors (Lipinski definition) is 5. The molecule has 4 saturated carbocycles. The Morgan fingerprint density at radius 2 is 1.67 bits per heavy atom. The minimum atomic E-state index is -0.185. The van der Waals surface area contributed by atoms with Crippen LogP contribution in [0.15, 0.2) is 28.7 Å². The molecule has 1 heterocycles. The van der Waals surface area contributed by atoms with Gasteiger partial charge < -0.3 is 10.6 Å². The molecule has 2 aromatic rings. The maximum atomic E-state index is 12.3. The number of nitrogens with one attached hydrogen (secondary N) is 2. The molecule has 8 heteroatoms. The summed E-state index contributed by atoms with van der Waals surface area (Å²) in [5.41, 5.74) is 0.775. The standard InChI is InChI=1S/C22H25BrN4O2S/c23-17-3-1-16(2-4-17)19(29)24-6-5-18(28)25-21-27-26-20(30-21)22-10-13-7-14(11-22)9-15(8-13)12-22/h1-4,13-15H,5-12H2,(H,24,29)(H,25,27,28).